The van der Waals surface area contributed by atoms with E-state index in [1.165, 1.54) is 6.07 Å². The standard InChI is InChI=1S/C17H14BrFN2O/c18-12-2-6-15-11(7-12)9-22-17(20-15)21-16-5-1-10-8-13(19)3-4-14(10)16/h2-4,6-8,16H,1,5,9H2,(H,20,21). The Bertz CT molecular complexity index is 775. The van der Waals surface area contributed by atoms with Gasteiger partial charge in [-0.25, -0.2) is 4.39 Å². The summed E-state index contributed by atoms with van der Waals surface area (Å²) in [6, 6.07) is 11.6. The van der Waals surface area contributed by atoms with Crippen molar-refractivity contribution in [1.29, 1.82) is 0 Å². The zero-order valence-corrected chi connectivity index (χ0v) is 13.4. The van der Waals surface area contributed by atoms with E-state index in [4.69, 9.17) is 4.74 Å². The van der Waals surface area contributed by atoms with Gasteiger partial charge in [-0.3, -0.25) is 0 Å². The molecule has 0 radical (unpaired) electrons. The lowest BCUT2D eigenvalue weighted by atomic mass is 10.1. The maximum absolute atomic E-state index is 13.3. The third-order valence-corrected chi connectivity index (χ3v) is 4.60. The molecule has 2 aromatic rings. The smallest absolute Gasteiger partial charge is 0.290 e. The number of benzene rings is 2. The normalized spacial score (nSPS) is 19.0. The Kier molecular flexibility index (Phi) is 3.37. The number of amidine groups is 1. The molecule has 1 aliphatic heterocycles. The van der Waals surface area contributed by atoms with Crippen LogP contribution in [0.5, 0.6) is 0 Å². The highest BCUT2D eigenvalue weighted by Crippen LogP contribution is 2.33. The molecule has 0 saturated heterocycles. The molecule has 1 atom stereocenters. The van der Waals surface area contributed by atoms with E-state index in [0.717, 1.165) is 39.7 Å². The van der Waals surface area contributed by atoms with E-state index < -0.39 is 0 Å². The van der Waals surface area contributed by atoms with E-state index in [-0.39, 0.29) is 11.9 Å². The summed E-state index contributed by atoms with van der Waals surface area (Å²) in [7, 11) is 0. The van der Waals surface area contributed by atoms with Gasteiger partial charge in [-0.2, -0.15) is 4.99 Å². The predicted molar refractivity (Wildman–Crippen MR) is 86.6 cm³/mol. The third kappa shape index (κ3) is 2.50. The van der Waals surface area contributed by atoms with Crippen LogP contribution in [-0.4, -0.2) is 6.02 Å². The van der Waals surface area contributed by atoms with Gasteiger partial charge < -0.3 is 10.1 Å². The molecule has 5 heteroatoms. The summed E-state index contributed by atoms with van der Waals surface area (Å²) < 4.78 is 20.0. The van der Waals surface area contributed by atoms with Gasteiger partial charge in [-0.05, 0) is 54.3 Å². The number of nitrogens with zero attached hydrogens (tertiary/aromatic N) is 1. The van der Waals surface area contributed by atoms with E-state index in [2.05, 4.69) is 26.2 Å². The largest absolute Gasteiger partial charge is 0.460 e. The van der Waals surface area contributed by atoms with Gasteiger partial charge in [0.25, 0.3) is 6.02 Å². The number of aliphatic imine (C=N–C) groups is 1. The van der Waals surface area contributed by atoms with Gasteiger partial charge in [0, 0.05) is 10.0 Å². The van der Waals surface area contributed by atoms with Crippen molar-refractivity contribution in [3.05, 3.63) is 63.4 Å². The summed E-state index contributed by atoms with van der Waals surface area (Å²) in [6.07, 6.45) is 1.80. The summed E-state index contributed by atoms with van der Waals surface area (Å²) in [6.45, 7) is 0.504. The highest BCUT2D eigenvalue weighted by atomic mass is 79.9. The fourth-order valence-electron chi connectivity index (χ4n) is 3.03. The van der Waals surface area contributed by atoms with Crippen molar-refractivity contribution >= 4 is 27.6 Å². The average Bonchev–Trinajstić information content (AvgIpc) is 2.89. The average molecular weight is 361 g/mol. The maximum Gasteiger partial charge on any atom is 0.290 e. The van der Waals surface area contributed by atoms with Crippen molar-refractivity contribution < 1.29 is 9.13 Å². The summed E-state index contributed by atoms with van der Waals surface area (Å²) in [5, 5.41) is 3.34. The van der Waals surface area contributed by atoms with Gasteiger partial charge in [0.05, 0.1) is 11.7 Å². The first kappa shape index (κ1) is 13.8. The predicted octanol–water partition coefficient (Wildman–Crippen LogP) is 4.38. The molecule has 1 N–H and O–H groups in total. The first-order valence-electron chi connectivity index (χ1n) is 7.24. The van der Waals surface area contributed by atoms with Crippen molar-refractivity contribution in [2.24, 2.45) is 4.99 Å². The molecule has 4 rings (SSSR count). The van der Waals surface area contributed by atoms with E-state index in [1.807, 2.05) is 24.3 Å². The van der Waals surface area contributed by atoms with Crippen molar-refractivity contribution in [3.63, 3.8) is 0 Å². The molecule has 0 aromatic heterocycles. The van der Waals surface area contributed by atoms with Crippen LogP contribution in [0.1, 0.15) is 29.2 Å². The Morgan fingerprint density at radius 3 is 3.00 bits per heavy atom. The molecule has 3 nitrogen and oxygen atoms in total. The number of halogens is 2. The Hall–Kier alpha value is -1.88. The Labute approximate surface area is 136 Å². The van der Waals surface area contributed by atoms with E-state index in [0.29, 0.717) is 12.6 Å². The van der Waals surface area contributed by atoms with Gasteiger partial charge in [0.1, 0.15) is 12.4 Å². The van der Waals surface area contributed by atoms with Crippen LogP contribution in [0.3, 0.4) is 0 Å². The van der Waals surface area contributed by atoms with Gasteiger partial charge in [-0.15, -0.1) is 0 Å². The lowest BCUT2D eigenvalue weighted by molar-refractivity contribution is 0.266. The van der Waals surface area contributed by atoms with Crippen LogP contribution < -0.4 is 5.32 Å². The van der Waals surface area contributed by atoms with Crippen LogP contribution in [0.2, 0.25) is 0 Å². The van der Waals surface area contributed by atoms with Crippen molar-refractivity contribution in [2.45, 2.75) is 25.5 Å². The van der Waals surface area contributed by atoms with Crippen molar-refractivity contribution in [1.82, 2.24) is 5.32 Å². The van der Waals surface area contributed by atoms with Crippen LogP contribution >= 0.6 is 15.9 Å². The van der Waals surface area contributed by atoms with Crippen LogP contribution in [0.15, 0.2) is 45.9 Å². The van der Waals surface area contributed by atoms with Crippen LogP contribution in [0, 0.1) is 5.82 Å². The van der Waals surface area contributed by atoms with Gasteiger partial charge in [-0.1, -0.05) is 22.0 Å². The minimum atomic E-state index is -0.176. The molecule has 22 heavy (non-hydrogen) atoms. The minimum absolute atomic E-state index is 0.131. The minimum Gasteiger partial charge on any atom is -0.460 e. The number of nitrogens with one attached hydrogen (secondary N) is 1. The molecule has 1 aliphatic carbocycles. The van der Waals surface area contributed by atoms with Crippen LogP contribution in [0.4, 0.5) is 10.1 Å². The molecule has 0 amide bonds. The number of ether oxygens (including phenoxy) is 1. The zero-order chi connectivity index (χ0) is 15.1. The molecule has 0 fully saturated rings. The molecule has 0 bridgehead atoms. The Morgan fingerprint density at radius 2 is 2.09 bits per heavy atom. The van der Waals surface area contributed by atoms with Crippen molar-refractivity contribution in [3.8, 4) is 0 Å². The molecule has 2 aromatic carbocycles. The molecular weight excluding hydrogens is 347 g/mol. The van der Waals surface area contributed by atoms with Gasteiger partial charge in [0.2, 0.25) is 0 Å². The van der Waals surface area contributed by atoms with E-state index >= 15 is 0 Å². The molecule has 0 spiro atoms. The lowest BCUT2D eigenvalue weighted by Gasteiger charge is -2.21. The van der Waals surface area contributed by atoms with Gasteiger partial charge in [0.15, 0.2) is 0 Å². The van der Waals surface area contributed by atoms with E-state index in [1.54, 1.807) is 6.07 Å². The number of aryl methyl sites for hydroxylation is 1. The second-order valence-corrected chi connectivity index (χ2v) is 6.47. The molecule has 2 aliphatic rings. The zero-order valence-electron chi connectivity index (χ0n) is 11.8. The van der Waals surface area contributed by atoms with Crippen LogP contribution in [-0.2, 0) is 17.8 Å². The highest BCUT2D eigenvalue weighted by molar-refractivity contribution is 9.10. The second kappa shape index (κ2) is 5.39. The third-order valence-electron chi connectivity index (χ3n) is 4.11. The van der Waals surface area contributed by atoms with Crippen molar-refractivity contribution in [2.75, 3.05) is 0 Å². The number of rotatable bonds is 1. The second-order valence-electron chi connectivity index (χ2n) is 5.56. The van der Waals surface area contributed by atoms with E-state index in [9.17, 15) is 4.39 Å². The molecule has 1 heterocycles. The number of hydrogen-bond donors (Lipinski definition) is 1. The first-order chi connectivity index (χ1) is 10.7. The highest BCUT2D eigenvalue weighted by Gasteiger charge is 2.25. The fraction of sp³-hybridized carbons (Fsp3) is 0.235. The lowest BCUT2D eigenvalue weighted by Crippen LogP contribution is -2.30. The fourth-order valence-corrected chi connectivity index (χ4v) is 3.43. The number of fused-ring (bicyclic) bond motifs is 2. The monoisotopic (exact) mass is 360 g/mol. The first-order valence-corrected chi connectivity index (χ1v) is 8.03. The molecular formula is C17H14BrFN2O. The SMILES string of the molecule is Fc1ccc2c(c1)CCC2NC1=Nc2ccc(Br)cc2CO1. The molecule has 1 unspecified atom stereocenters. The summed E-state index contributed by atoms with van der Waals surface area (Å²) in [5.74, 6) is -0.176. The van der Waals surface area contributed by atoms with Gasteiger partial charge >= 0.3 is 0 Å². The summed E-state index contributed by atoms with van der Waals surface area (Å²) in [5.41, 5.74) is 4.19. The Morgan fingerprint density at radius 1 is 1.18 bits per heavy atom. The van der Waals surface area contributed by atoms with Crippen LogP contribution in [0.25, 0.3) is 0 Å². The summed E-state index contributed by atoms with van der Waals surface area (Å²) in [4.78, 5) is 4.53. The Balaban J connectivity index is 1.57. The molecule has 112 valence electrons. The number of hydrogen-bond acceptors (Lipinski definition) is 3. The summed E-state index contributed by atoms with van der Waals surface area (Å²) >= 11 is 3.45. The quantitative estimate of drug-likeness (QED) is 0.818. The topological polar surface area (TPSA) is 33.6 Å². The molecule has 0 saturated carbocycles. The maximum atomic E-state index is 13.3.